The van der Waals surface area contributed by atoms with Crippen LogP contribution in [0.1, 0.15) is 18.5 Å². The minimum Gasteiger partial charge on any atom is -0.497 e. The fourth-order valence-electron chi connectivity index (χ4n) is 1.82. The Morgan fingerprint density at radius 2 is 1.74 bits per heavy atom. The first-order valence-corrected chi connectivity index (χ1v) is 5.96. The molecule has 1 N–H and O–H groups in total. The van der Waals surface area contributed by atoms with Crippen LogP contribution in [0.4, 0.5) is 14.5 Å². The van der Waals surface area contributed by atoms with E-state index in [0.29, 0.717) is 0 Å². The van der Waals surface area contributed by atoms with Gasteiger partial charge in [-0.3, -0.25) is 0 Å². The first-order valence-electron chi connectivity index (χ1n) is 5.96. The van der Waals surface area contributed by atoms with Gasteiger partial charge in [-0.15, -0.1) is 0 Å². The normalized spacial score (nSPS) is 12.0. The van der Waals surface area contributed by atoms with Gasteiger partial charge >= 0.3 is 0 Å². The molecule has 0 aliphatic heterocycles. The van der Waals surface area contributed by atoms with Gasteiger partial charge in [0, 0.05) is 6.04 Å². The number of nitrogens with one attached hydrogen (secondary N) is 1. The Morgan fingerprint density at radius 3 is 2.37 bits per heavy atom. The van der Waals surface area contributed by atoms with E-state index in [1.54, 1.807) is 7.11 Å². The second kappa shape index (κ2) is 5.69. The zero-order valence-corrected chi connectivity index (χ0v) is 10.8. The molecule has 0 aromatic heterocycles. The van der Waals surface area contributed by atoms with Gasteiger partial charge in [-0.2, -0.15) is 0 Å². The number of hydrogen-bond acceptors (Lipinski definition) is 2. The summed E-state index contributed by atoms with van der Waals surface area (Å²) < 4.78 is 31.7. The fourth-order valence-corrected chi connectivity index (χ4v) is 1.82. The van der Waals surface area contributed by atoms with Crippen LogP contribution in [0.15, 0.2) is 42.5 Å². The number of anilines is 1. The molecule has 0 saturated carbocycles. The molecule has 0 spiro atoms. The maximum absolute atomic E-state index is 13.5. The molecule has 2 aromatic carbocycles. The van der Waals surface area contributed by atoms with E-state index in [1.807, 2.05) is 31.2 Å². The topological polar surface area (TPSA) is 21.3 Å². The standard InChI is InChI=1S/C15H15F2NO/c1-10(11-6-8-12(19-2)9-7-11)18-14-5-3-4-13(16)15(14)17/h3-10,18H,1-2H3. The third-order valence-corrected chi connectivity index (χ3v) is 2.94. The molecule has 0 aliphatic rings. The largest absolute Gasteiger partial charge is 0.497 e. The van der Waals surface area contributed by atoms with Crippen molar-refractivity contribution in [3.8, 4) is 5.75 Å². The summed E-state index contributed by atoms with van der Waals surface area (Å²) in [7, 11) is 1.60. The van der Waals surface area contributed by atoms with Crippen molar-refractivity contribution in [2.45, 2.75) is 13.0 Å². The highest BCUT2D eigenvalue weighted by Gasteiger charge is 2.11. The molecule has 0 radical (unpaired) electrons. The molecular weight excluding hydrogens is 248 g/mol. The molecular formula is C15H15F2NO. The lowest BCUT2D eigenvalue weighted by molar-refractivity contribution is 0.414. The van der Waals surface area contributed by atoms with E-state index < -0.39 is 11.6 Å². The first-order chi connectivity index (χ1) is 9.11. The molecule has 2 rings (SSSR count). The number of methoxy groups -OCH3 is 1. The van der Waals surface area contributed by atoms with Gasteiger partial charge in [0.1, 0.15) is 5.75 Å². The molecule has 0 heterocycles. The Labute approximate surface area is 111 Å². The highest BCUT2D eigenvalue weighted by Crippen LogP contribution is 2.24. The summed E-state index contributed by atoms with van der Waals surface area (Å²) in [6.45, 7) is 1.88. The van der Waals surface area contributed by atoms with Crippen LogP contribution >= 0.6 is 0 Å². The molecule has 1 unspecified atom stereocenters. The van der Waals surface area contributed by atoms with Crippen LogP contribution in [0.25, 0.3) is 0 Å². The first kappa shape index (κ1) is 13.3. The van der Waals surface area contributed by atoms with Gasteiger partial charge in [0.15, 0.2) is 11.6 Å². The van der Waals surface area contributed by atoms with Gasteiger partial charge in [-0.05, 0) is 36.8 Å². The van der Waals surface area contributed by atoms with E-state index >= 15 is 0 Å². The van der Waals surface area contributed by atoms with Crippen LogP contribution in [-0.2, 0) is 0 Å². The van der Waals surface area contributed by atoms with E-state index in [9.17, 15) is 8.78 Å². The summed E-state index contributed by atoms with van der Waals surface area (Å²) in [5, 5.41) is 2.95. The van der Waals surface area contributed by atoms with Crippen molar-refractivity contribution in [2.24, 2.45) is 0 Å². The molecule has 2 aromatic rings. The third-order valence-electron chi connectivity index (χ3n) is 2.94. The van der Waals surface area contributed by atoms with Crippen molar-refractivity contribution < 1.29 is 13.5 Å². The van der Waals surface area contributed by atoms with E-state index in [0.717, 1.165) is 17.4 Å². The predicted molar refractivity (Wildman–Crippen MR) is 71.4 cm³/mol. The van der Waals surface area contributed by atoms with Crippen molar-refractivity contribution in [3.63, 3.8) is 0 Å². The van der Waals surface area contributed by atoms with E-state index in [4.69, 9.17) is 4.74 Å². The highest BCUT2D eigenvalue weighted by atomic mass is 19.2. The lowest BCUT2D eigenvalue weighted by atomic mass is 10.1. The van der Waals surface area contributed by atoms with E-state index in [-0.39, 0.29) is 11.7 Å². The number of halogens is 2. The summed E-state index contributed by atoms with van der Waals surface area (Å²) in [4.78, 5) is 0. The van der Waals surface area contributed by atoms with Crippen LogP contribution in [0.2, 0.25) is 0 Å². The molecule has 0 amide bonds. The minimum atomic E-state index is -0.858. The van der Waals surface area contributed by atoms with Gasteiger partial charge in [0.2, 0.25) is 0 Å². The summed E-state index contributed by atoms with van der Waals surface area (Å²) in [5.41, 5.74) is 1.12. The molecule has 0 fully saturated rings. The van der Waals surface area contributed by atoms with E-state index in [1.165, 1.54) is 12.1 Å². The molecule has 2 nitrogen and oxygen atoms in total. The number of rotatable bonds is 4. The number of hydrogen-bond donors (Lipinski definition) is 1. The van der Waals surface area contributed by atoms with E-state index in [2.05, 4.69) is 5.32 Å². The van der Waals surface area contributed by atoms with Gasteiger partial charge in [0.05, 0.1) is 12.8 Å². The van der Waals surface area contributed by atoms with Crippen LogP contribution in [0, 0.1) is 11.6 Å². The zero-order valence-electron chi connectivity index (χ0n) is 10.8. The number of ether oxygens (including phenoxy) is 1. The lowest BCUT2D eigenvalue weighted by Gasteiger charge is -2.16. The average molecular weight is 263 g/mol. The molecule has 0 saturated heterocycles. The van der Waals surface area contributed by atoms with Crippen LogP contribution in [0.5, 0.6) is 5.75 Å². The summed E-state index contributed by atoms with van der Waals surface area (Å²) in [6.07, 6.45) is 0. The Balaban J connectivity index is 2.15. The Kier molecular flexibility index (Phi) is 4.00. The highest BCUT2D eigenvalue weighted by molar-refractivity contribution is 5.47. The smallest absolute Gasteiger partial charge is 0.181 e. The Bertz CT molecular complexity index is 555. The van der Waals surface area contributed by atoms with Crippen molar-refractivity contribution in [1.82, 2.24) is 0 Å². The average Bonchev–Trinajstić information content (AvgIpc) is 2.44. The van der Waals surface area contributed by atoms with Gasteiger partial charge in [-0.1, -0.05) is 18.2 Å². The van der Waals surface area contributed by atoms with Crippen molar-refractivity contribution in [1.29, 1.82) is 0 Å². The summed E-state index contributed by atoms with van der Waals surface area (Å²) in [5.74, 6) is -0.956. The quantitative estimate of drug-likeness (QED) is 0.894. The van der Waals surface area contributed by atoms with Crippen molar-refractivity contribution >= 4 is 5.69 Å². The SMILES string of the molecule is COc1ccc(C(C)Nc2cccc(F)c2F)cc1. The molecule has 0 aliphatic carbocycles. The molecule has 100 valence electrons. The lowest BCUT2D eigenvalue weighted by Crippen LogP contribution is -2.08. The second-order valence-electron chi connectivity index (χ2n) is 4.24. The van der Waals surface area contributed by atoms with Crippen LogP contribution in [0.3, 0.4) is 0 Å². The van der Waals surface area contributed by atoms with Gasteiger partial charge in [-0.25, -0.2) is 8.78 Å². The molecule has 4 heteroatoms. The monoisotopic (exact) mass is 263 g/mol. The molecule has 1 atom stereocenters. The van der Waals surface area contributed by atoms with Crippen LogP contribution in [-0.4, -0.2) is 7.11 Å². The zero-order chi connectivity index (χ0) is 13.8. The van der Waals surface area contributed by atoms with Gasteiger partial charge in [0.25, 0.3) is 0 Å². The second-order valence-corrected chi connectivity index (χ2v) is 4.24. The van der Waals surface area contributed by atoms with Gasteiger partial charge < -0.3 is 10.1 Å². The summed E-state index contributed by atoms with van der Waals surface area (Å²) in [6, 6.07) is 11.4. The number of benzene rings is 2. The Morgan fingerprint density at radius 1 is 1.05 bits per heavy atom. The maximum Gasteiger partial charge on any atom is 0.181 e. The van der Waals surface area contributed by atoms with Crippen molar-refractivity contribution in [2.75, 3.05) is 12.4 Å². The summed E-state index contributed by atoms with van der Waals surface area (Å²) >= 11 is 0. The predicted octanol–water partition coefficient (Wildman–Crippen LogP) is 4.15. The minimum absolute atomic E-state index is 0.137. The maximum atomic E-state index is 13.5. The fraction of sp³-hybridized carbons (Fsp3) is 0.200. The molecule has 19 heavy (non-hydrogen) atoms. The molecule has 0 bridgehead atoms. The van der Waals surface area contributed by atoms with Crippen molar-refractivity contribution in [3.05, 3.63) is 59.7 Å². The van der Waals surface area contributed by atoms with Crippen LogP contribution < -0.4 is 10.1 Å². The third kappa shape index (κ3) is 3.02. The Hall–Kier alpha value is -2.10.